The molecule has 2 fully saturated rings. The van der Waals surface area contributed by atoms with Crippen LogP contribution in [0.1, 0.15) is 77.1 Å². The van der Waals surface area contributed by atoms with E-state index in [9.17, 15) is 14.7 Å². The van der Waals surface area contributed by atoms with Crippen molar-refractivity contribution < 1.29 is 14.7 Å². The first-order valence-electron chi connectivity index (χ1n) is 17.4. The summed E-state index contributed by atoms with van der Waals surface area (Å²) in [5.74, 6) is -0.360. The van der Waals surface area contributed by atoms with Gasteiger partial charge in [0.1, 0.15) is 6.33 Å². The lowest BCUT2D eigenvalue weighted by molar-refractivity contribution is -0.129. The van der Waals surface area contributed by atoms with Gasteiger partial charge in [-0.3, -0.25) is 14.5 Å². The molecular weight excluding hydrogens is 612 g/mol. The van der Waals surface area contributed by atoms with E-state index in [2.05, 4.69) is 86.6 Å². The SMILES string of the molecule is Cc1ncnc(C)c1C(=O)N1CCC(C)(N2CCC(N(Cc3ccccc3)c3ccc(CNC(=O)[C@H](O)c4ccccc4)cc3)CC2)CC1. The summed E-state index contributed by atoms with van der Waals surface area (Å²) in [6.07, 6.45) is 4.34. The number of aliphatic hydroxyl groups excluding tert-OH is 1. The first-order chi connectivity index (χ1) is 23.7. The van der Waals surface area contributed by atoms with Crippen molar-refractivity contribution in [3.8, 4) is 0 Å². The third kappa shape index (κ3) is 8.00. The minimum absolute atomic E-state index is 0.0473. The molecule has 2 aliphatic heterocycles. The lowest BCUT2D eigenvalue weighted by Gasteiger charge is -2.50. The summed E-state index contributed by atoms with van der Waals surface area (Å²) >= 11 is 0. The molecule has 4 aromatic rings. The van der Waals surface area contributed by atoms with E-state index in [4.69, 9.17) is 0 Å². The monoisotopic (exact) mass is 660 g/mol. The number of carbonyl (C=O) groups is 2. The summed E-state index contributed by atoms with van der Waals surface area (Å²) < 4.78 is 0. The normalized spacial score (nSPS) is 17.3. The highest BCUT2D eigenvalue weighted by atomic mass is 16.3. The zero-order valence-electron chi connectivity index (χ0n) is 28.9. The number of anilines is 1. The van der Waals surface area contributed by atoms with Crippen molar-refractivity contribution in [3.05, 3.63) is 125 Å². The largest absolute Gasteiger partial charge is 0.378 e. The summed E-state index contributed by atoms with van der Waals surface area (Å²) in [5, 5.41) is 13.3. The van der Waals surface area contributed by atoms with Gasteiger partial charge in [0.25, 0.3) is 11.8 Å². The number of aliphatic hydroxyl groups is 1. The molecule has 3 aromatic carbocycles. The Bertz CT molecular complexity index is 1680. The zero-order valence-corrected chi connectivity index (χ0v) is 28.9. The van der Waals surface area contributed by atoms with Gasteiger partial charge in [-0.1, -0.05) is 72.8 Å². The van der Waals surface area contributed by atoms with Crippen LogP contribution in [0.3, 0.4) is 0 Å². The van der Waals surface area contributed by atoms with Gasteiger partial charge in [-0.25, -0.2) is 9.97 Å². The molecule has 2 saturated heterocycles. The second-order valence-electron chi connectivity index (χ2n) is 13.7. The topological polar surface area (TPSA) is 102 Å². The molecule has 3 heterocycles. The molecule has 2 aliphatic rings. The molecule has 6 rings (SSSR count). The number of nitrogens with zero attached hydrogens (tertiary/aromatic N) is 5. The fourth-order valence-corrected chi connectivity index (χ4v) is 7.37. The third-order valence-corrected chi connectivity index (χ3v) is 10.5. The number of aromatic nitrogens is 2. The summed E-state index contributed by atoms with van der Waals surface area (Å²) in [6, 6.07) is 28.4. The van der Waals surface area contributed by atoms with Crippen LogP contribution in [0.4, 0.5) is 5.69 Å². The number of benzene rings is 3. The maximum Gasteiger partial charge on any atom is 0.257 e. The average molecular weight is 661 g/mol. The maximum absolute atomic E-state index is 13.4. The van der Waals surface area contributed by atoms with Crippen LogP contribution in [0, 0.1) is 13.8 Å². The lowest BCUT2D eigenvalue weighted by Crippen LogP contribution is -2.58. The van der Waals surface area contributed by atoms with Gasteiger partial charge in [-0.05, 0) is 75.3 Å². The Morgan fingerprint density at radius 3 is 2.06 bits per heavy atom. The van der Waals surface area contributed by atoms with Gasteiger partial charge in [0.15, 0.2) is 6.10 Å². The van der Waals surface area contributed by atoms with E-state index < -0.39 is 12.0 Å². The molecule has 1 aromatic heterocycles. The number of rotatable bonds is 10. The minimum Gasteiger partial charge on any atom is -0.378 e. The summed E-state index contributed by atoms with van der Waals surface area (Å²) in [4.78, 5) is 41.7. The third-order valence-electron chi connectivity index (χ3n) is 10.5. The van der Waals surface area contributed by atoms with Crippen molar-refractivity contribution in [1.29, 1.82) is 0 Å². The predicted octanol–water partition coefficient (Wildman–Crippen LogP) is 5.61. The van der Waals surface area contributed by atoms with Gasteiger partial charge in [0, 0.05) is 56.5 Å². The molecule has 0 saturated carbocycles. The van der Waals surface area contributed by atoms with Crippen LogP contribution in [0.2, 0.25) is 0 Å². The molecule has 9 nitrogen and oxygen atoms in total. The van der Waals surface area contributed by atoms with E-state index in [0.717, 1.165) is 81.0 Å². The smallest absolute Gasteiger partial charge is 0.257 e. The molecule has 0 radical (unpaired) electrons. The van der Waals surface area contributed by atoms with Crippen molar-refractivity contribution in [2.45, 2.75) is 77.2 Å². The van der Waals surface area contributed by atoms with Crippen LogP contribution in [0.5, 0.6) is 0 Å². The number of nitrogens with one attached hydrogen (secondary N) is 1. The standard InChI is InChI=1S/C40H48N6O3/c1-29-36(30(2)43-28-42-29)39(49)44-24-20-40(3,21-25-44)45-22-18-35(19-23-45)46(27-32-10-6-4-7-11-32)34-16-14-31(15-17-34)26-41-38(48)37(47)33-12-8-5-9-13-33/h4-17,28,35,37,47H,18-27H2,1-3H3,(H,41,48)/t37-/m1/s1. The molecule has 0 aliphatic carbocycles. The quantitative estimate of drug-likeness (QED) is 0.228. The number of aryl methyl sites for hydroxylation is 2. The summed E-state index contributed by atoms with van der Waals surface area (Å²) in [6.45, 7) is 10.8. The molecular formula is C40H48N6O3. The van der Waals surface area contributed by atoms with E-state index in [-0.39, 0.29) is 11.4 Å². The van der Waals surface area contributed by atoms with Crippen LogP contribution in [-0.4, -0.2) is 74.4 Å². The Morgan fingerprint density at radius 2 is 1.45 bits per heavy atom. The lowest BCUT2D eigenvalue weighted by atomic mass is 9.85. The Labute approximate surface area is 290 Å². The molecule has 0 bridgehead atoms. The van der Waals surface area contributed by atoms with Gasteiger partial charge in [0.05, 0.1) is 17.0 Å². The van der Waals surface area contributed by atoms with E-state index in [1.165, 1.54) is 11.9 Å². The highest BCUT2D eigenvalue weighted by molar-refractivity contribution is 5.96. The summed E-state index contributed by atoms with van der Waals surface area (Å²) in [5.41, 5.74) is 6.19. The second-order valence-corrected chi connectivity index (χ2v) is 13.7. The van der Waals surface area contributed by atoms with Crippen LogP contribution >= 0.6 is 0 Å². The minimum atomic E-state index is -1.19. The van der Waals surface area contributed by atoms with Crippen LogP contribution < -0.4 is 10.2 Å². The first-order valence-corrected chi connectivity index (χ1v) is 17.4. The van der Waals surface area contributed by atoms with Gasteiger partial charge in [-0.15, -0.1) is 0 Å². The number of carbonyl (C=O) groups excluding carboxylic acids is 2. The number of amides is 2. The maximum atomic E-state index is 13.4. The number of hydrogen-bond acceptors (Lipinski definition) is 7. The van der Waals surface area contributed by atoms with Gasteiger partial charge >= 0.3 is 0 Å². The van der Waals surface area contributed by atoms with Crippen molar-refractivity contribution in [2.24, 2.45) is 0 Å². The van der Waals surface area contributed by atoms with Crippen molar-refractivity contribution >= 4 is 17.5 Å². The van der Waals surface area contributed by atoms with E-state index in [1.807, 2.05) is 36.9 Å². The molecule has 49 heavy (non-hydrogen) atoms. The molecule has 2 amide bonds. The average Bonchev–Trinajstić information content (AvgIpc) is 3.14. The van der Waals surface area contributed by atoms with Crippen LogP contribution in [-0.2, 0) is 17.9 Å². The number of piperidine rings is 2. The molecule has 1 atom stereocenters. The Kier molecular flexibility index (Phi) is 10.7. The van der Waals surface area contributed by atoms with Crippen molar-refractivity contribution in [1.82, 2.24) is 25.1 Å². The van der Waals surface area contributed by atoms with Crippen LogP contribution in [0.15, 0.2) is 91.3 Å². The second kappa shape index (κ2) is 15.3. The Balaban J connectivity index is 1.07. The molecule has 0 spiro atoms. The van der Waals surface area contributed by atoms with E-state index in [1.54, 1.807) is 12.1 Å². The zero-order chi connectivity index (χ0) is 34.4. The molecule has 0 unspecified atom stereocenters. The van der Waals surface area contributed by atoms with E-state index in [0.29, 0.717) is 23.7 Å². The van der Waals surface area contributed by atoms with E-state index >= 15 is 0 Å². The van der Waals surface area contributed by atoms with Crippen molar-refractivity contribution in [3.63, 3.8) is 0 Å². The Hall–Kier alpha value is -4.60. The fourth-order valence-electron chi connectivity index (χ4n) is 7.37. The highest BCUT2D eigenvalue weighted by Gasteiger charge is 2.39. The van der Waals surface area contributed by atoms with Gasteiger partial charge < -0.3 is 20.2 Å². The highest BCUT2D eigenvalue weighted by Crippen LogP contribution is 2.34. The Morgan fingerprint density at radius 1 is 0.857 bits per heavy atom. The molecule has 2 N–H and O–H groups in total. The van der Waals surface area contributed by atoms with Crippen LogP contribution in [0.25, 0.3) is 0 Å². The molecule has 9 heteroatoms. The number of likely N-dealkylation sites (tertiary alicyclic amines) is 2. The van der Waals surface area contributed by atoms with Gasteiger partial charge in [0.2, 0.25) is 0 Å². The summed E-state index contributed by atoms with van der Waals surface area (Å²) in [7, 11) is 0. The predicted molar refractivity (Wildman–Crippen MR) is 192 cm³/mol. The van der Waals surface area contributed by atoms with Gasteiger partial charge in [-0.2, -0.15) is 0 Å². The van der Waals surface area contributed by atoms with Crippen molar-refractivity contribution in [2.75, 3.05) is 31.1 Å². The number of hydrogen-bond donors (Lipinski definition) is 2. The first kappa shape index (κ1) is 34.3. The molecule has 256 valence electrons. The fraction of sp³-hybridized carbons (Fsp3) is 0.400.